The molecule has 1 aromatic carbocycles. The molecule has 3 heterocycles. The lowest BCUT2D eigenvalue weighted by Gasteiger charge is -2.38. The molecular formula is C21H27FN6O. The van der Waals surface area contributed by atoms with Crippen LogP contribution in [0.15, 0.2) is 18.5 Å². The second-order valence-electron chi connectivity index (χ2n) is 8.01. The number of H-pyrrole nitrogens is 1. The molecule has 1 atom stereocenters. The number of piperazine rings is 1. The summed E-state index contributed by atoms with van der Waals surface area (Å²) in [4.78, 5) is 13.5. The standard InChI is InChI=1S/C21H27FN6O/c1-12(2)29-17-8-15-20(14(4)19(17)22)25-26-21(15)16-9-18(24-11-23-16)28-7-6-27(5)13(3)10-28/h8-9,11-13H,6-7,10H2,1-5H3,(H,25,26). The van der Waals surface area contributed by atoms with Crippen LogP contribution in [0.25, 0.3) is 22.3 Å². The summed E-state index contributed by atoms with van der Waals surface area (Å²) in [6.45, 7) is 10.5. The first-order valence-corrected chi connectivity index (χ1v) is 9.96. The van der Waals surface area contributed by atoms with E-state index in [1.165, 1.54) is 0 Å². The average molecular weight is 398 g/mol. The zero-order valence-electron chi connectivity index (χ0n) is 17.5. The minimum absolute atomic E-state index is 0.124. The molecule has 4 rings (SSSR count). The molecule has 7 nitrogen and oxygen atoms in total. The van der Waals surface area contributed by atoms with Crippen LogP contribution in [0.2, 0.25) is 0 Å². The normalized spacial score (nSPS) is 18.0. The lowest BCUT2D eigenvalue weighted by Crippen LogP contribution is -2.50. The molecule has 0 saturated carbocycles. The maximum absolute atomic E-state index is 14.7. The van der Waals surface area contributed by atoms with Crippen LogP contribution >= 0.6 is 0 Å². The van der Waals surface area contributed by atoms with Crippen LogP contribution in [-0.2, 0) is 0 Å². The van der Waals surface area contributed by atoms with Crippen LogP contribution in [0.5, 0.6) is 5.75 Å². The van der Waals surface area contributed by atoms with E-state index >= 15 is 0 Å². The molecule has 1 saturated heterocycles. The number of rotatable bonds is 4. The van der Waals surface area contributed by atoms with Crippen molar-refractivity contribution in [2.24, 2.45) is 0 Å². The van der Waals surface area contributed by atoms with Crippen LogP contribution < -0.4 is 9.64 Å². The Balaban J connectivity index is 1.74. The Morgan fingerprint density at radius 1 is 1.24 bits per heavy atom. The van der Waals surface area contributed by atoms with Crippen molar-refractivity contribution in [3.05, 3.63) is 29.8 Å². The van der Waals surface area contributed by atoms with Gasteiger partial charge in [-0.25, -0.2) is 14.4 Å². The summed E-state index contributed by atoms with van der Waals surface area (Å²) in [6, 6.07) is 4.12. The van der Waals surface area contributed by atoms with Crippen LogP contribution in [0.3, 0.4) is 0 Å². The Kier molecular flexibility index (Phi) is 5.12. The third-order valence-corrected chi connectivity index (χ3v) is 5.54. The Morgan fingerprint density at radius 2 is 2.03 bits per heavy atom. The van der Waals surface area contributed by atoms with E-state index in [0.717, 1.165) is 42.2 Å². The molecular weight excluding hydrogens is 371 g/mol. The Bertz CT molecular complexity index is 1030. The van der Waals surface area contributed by atoms with Gasteiger partial charge in [-0.1, -0.05) is 0 Å². The van der Waals surface area contributed by atoms with Crippen molar-refractivity contribution in [3.63, 3.8) is 0 Å². The molecule has 8 heteroatoms. The molecule has 154 valence electrons. The van der Waals surface area contributed by atoms with E-state index in [9.17, 15) is 4.39 Å². The van der Waals surface area contributed by atoms with Crippen molar-refractivity contribution in [3.8, 4) is 17.1 Å². The van der Waals surface area contributed by atoms with E-state index < -0.39 is 0 Å². The number of nitrogens with zero attached hydrogens (tertiary/aromatic N) is 5. The predicted octanol–water partition coefficient (Wildman–Crippen LogP) is 3.39. The number of aromatic nitrogens is 4. The lowest BCUT2D eigenvalue weighted by atomic mass is 10.1. The van der Waals surface area contributed by atoms with Crippen molar-refractivity contribution in [2.45, 2.75) is 39.8 Å². The summed E-state index contributed by atoms with van der Waals surface area (Å²) in [7, 11) is 2.14. The maximum Gasteiger partial charge on any atom is 0.170 e. The van der Waals surface area contributed by atoms with Gasteiger partial charge in [-0.05, 0) is 40.8 Å². The number of fused-ring (bicyclic) bond motifs is 1. The van der Waals surface area contributed by atoms with Crippen molar-refractivity contribution in [1.29, 1.82) is 0 Å². The topological polar surface area (TPSA) is 70.2 Å². The monoisotopic (exact) mass is 398 g/mol. The number of hydrogen-bond acceptors (Lipinski definition) is 6. The van der Waals surface area contributed by atoms with Gasteiger partial charge in [0.2, 0.25) is 0 Å². The molecule has 1 N–H and O–H groups in total. The smallest absolute Gasteiger partial charge is 0.170 e. The van der Waals surface area contributed by atoms with E-state index in [1.54, 1.807) is 19.3 Å². The molecule has 2 aromatic heterocycles. The fraction of sp³-hybridized carbons (Fsp3) is 0.476. The molecule has 1 unspecified atom stereocenters. The molecule has 0 amide bonds. The largest absolute Gasteiger partial charge is 0.488 e. The van der Waals surface area contributed by atoms with Crippen LogP contribution in [0.4, 0.5) is 10.2 Å². The number of likely N-dealkylation sites (N-methyl/N-ethyl adjacent to an activating group) is 1. The molecule has 0 spiro atoms. The molecule has 1 fully saturated rings. The van der Waals surface area contributed by atoms with Gasteiger partial charge in [0.15, 0.2) is 11.6 Å². The summed E-state index contributed by atoms with van der Waals surface area (Å²) < 4.78 is 20.3. The number of anilines is 1. The van der Waals surface area contributed by atoms with E-state index in [1.807, 2.05) is 19.9 Å². The van der Waals surface area contributed by atoms with E-state index in [-0.39, 0.29) is 17.7 Å². The minimum Gasteiger partial charge on any atom is -0.488 e. The average Bonchev–Trinajstić information content (AvgIpc) is 3.11. The molecule has 29 heavy (non-hydrogen) atoms. The highest BCUT2D eigenvalue weighted by Gasteiger charge is 2.23. The SMILES string of the molecule is Cc1c(F)c(OC(C)C)cc2c(-c3cc(N4CCN(C)C(C)C4)ncn3)[nH]nc12. The van der Waals surface area contributed by atoms with Gasteiger partial charge in [0, 0.05) is 42.7 Å². The summed E-state index contributed by atoms with van der Waals surface area (Å²) in [6.07, 6.45) is 1.45. The highest BCUT2D eigenvalue weighted by molar-refractivity contribution is 5.95. The van der Waals surface area contributed by atoms with Gasteiger partial charge in [-0.15, -0.1) is 0 Å². The maximum atomic E-state index is 14.7. The Hall–Kier alpha value is -2.74. The number of halogens is 1. The zero-order valence-corrected chi connectivity index (χ0v) is 17.5. The van der Waals surface area contributed by atoms with Crippen molar-refractivity contribution < 1.29 is 9.13 Å². The minimum atomic E-state index is -0.376. The van der Waals surface area contributed by atoms with Gasteiger partial charge < -0.3 is 14.5 Å². The fourth-order valence-electron chi connectivity index (χ4n) is 3.71. The van der Waals surface area contributed by atoms with Gasteiger partial charge in [-0.3, -0.25) is 5.10 Å². The van der Waals surface area contributed by atoms with Crippen molar-refractivity contribution >= 4 is 16.7 Å². The second-order valence-corrected chi connectivity index (χ2v) is 8.01. The Labute approximate surface area is 169 Å². The van der Waals surface area contributed by atoms with E-state index in [0.29, 0.717) is 17.1 Å². The zero-order chi connectivity index (χ0) is 20.7. The number of aromatic amines is 1. The Morgan fingerprint density at radius 3 is 2.76 bits per heavy atom. The first kappa shape index (κ1) is 19.6. The van der Waals surface area contributed by atoms with Crippen LogP contribution in [-0.4, -0.2) is 63.9 Å². The van der Waals surface area contributed by atoms with Crippen molar-refractivity contribution in [1.82, 2.24) is 25.1 Å². The summed E-state index contributed by atoms with van der Waals surface area (Å²) in [5, 5.41) is 8.16. The number of nitrogens with one attached hydrogen (secondary N) is 1. The predicted molar refractivity (Wildman–Crippen MR) is 112 cm³/mol. The summed E-state index contributed by atoms with van der Waals surface area (Å²) in [5.74, 6) is 0.740. The highest BCUT2D eigenvalue weighted by atomic mass is 19.1. The molecule has 0 bridgehead atoms. The number of ether oxygens (including phenoxy) is 1. The molecule has 1 aliphatic heterocycles. The fourth-order valence-corrected chi connectivity index (χ4v) is 3.71. The molecule has 1 aliphatic rings. The van der Waals surface area contributed by atoms with E-state index in [4.69, 9.17) is 4.74 Å². The van der Waals surface area contributed by atoms with Gasteiger partial charge in [-0.2, -0.15) is 5.10 Å². The van der Waals surface area contributed by atoms with E-state index in [2.05, 4.69) is 43.9 Å². The summed E-state index contributed by atoms with van der Waals surface area (Å²) >= 11 is 0. The molecule has 3 aromatic rings. The lowest BCUT2D eigenvalue weighted by molar-refractivity contribution is 0.231. The van der Waals surface area contributed by atoms with Gasteiger partial charge in [0.25, 0.3) is 0 Å². The summed E-state index contributed by atoms with van der Waals surface area (Å²) in [5.41, 5.74) is 2.51. The number of hydrogen-bond donors (Lipinski definition) is 1. The number of aryl methyl sites for hydroxylation is 1. The molecule has 0 aliphatic carbocycles. The quantitative estimate of drug-likeness (QED) is 0.726. The van der Waals surface area contributed by atoms with Crippen molar-refractivity contribution in [2.75, 3.05) is 31.6 Å². The highest BCUT2D eigenvalue weighted by Crippen LogP contribution is 2.34. The van der Waals surface area contributed by atoms with Gasteiger partial charge in [0.1, 0.15) is 12.1 Å². The second kappa shape index (κ2) is 7.59. The van der Waals surface area contributed by atoms with Gasteiger partial charge >= 0.3 is 0 Å². The molecule has 0 radical (unpaired) electrons. The third-order valence-electron chi connectivity index (χ3n) is 5.54. The van der Waals surface area contributed by atoms with Gasteiger partial charge in [0.05, 0.1) is 23.0 Å². The van der Waals surface area contributed by atoms with Crippen LogP contribution in [0.1, 0.15) is 26.3 Å². The number of benzene rings is 1. The first-order valence-electron chi connectivity index (χ1n) is 9.96. The van der Waals surface area contributed by atoms with Crippen LogP contribution in [0, 0.1) is 12.7 Å². The third kappa shape index (κ3) is 3.64. The first-order chi connectivity index (χ1) is 13.8.